The van der Waals surface area contributed by atoms with Crippen LogP contribution in [0.25, 0.3) is 11.3 Å². The Bertz CT molecular complexity index is 653. The fourth-order valence-corrected chi connectivity index (χ4v) is 1.99. The lowest BCUT2D eigenvalue weighted by atomic mass is 9.97. The SMILES string of the molecule is COc1ccc(-c2cnc(C(C)(C)C)o2)cc1CC(=O)O. The van der Waals surface area contributed by atoms with Crippen molar-refractivity contribution in [2.75, 3.05) is 7.11 Å². The van der Waals surface area contributed by atoms with E-state index in [0.717, 1.165) is 5.56 Å². The molecule has 1 aromatic carbocycles. The molecule has 0 bridgehead atoms. The van der Waals surface area contributed by atoms with E-state index in [9.17, 15) is 4.79 Å². The molecule has 0 saturated carbocycles. The van der Waals surface area contributed by atoms with Crippen molar-refractivity contribution in [2.24, 2.45) is 0 Å². The first kappa shape index (κ1) is 15.1. The molecule has 0 spiro atoms. The van der Waals surface area contributed by atoms with Gasteiger partial charge < -0.3 is 14.3 Å². The molecule has 0 aliphatic heterocycles. The fourth-order valence-electron chi connectivity index (χ4n) is 1.99. The number of aliphatic carboxylic acids is 1. The number of carbonyl (C=O) groups is 1. The maximum Gasteiger partial charge on any atom is 0.307 e. The maximum absolute atomic E-state index is 10.9. The van der Waals surface area contributed by atoms with Crippen molar-refractivity contribution in [3.05, 3.63) is 35.9 Å². The number of rotatable bonds is 4. The van der Waals surface area contributed by atoms with Crippen molar-refractivity contribution in [1.82, 2.24) is 4.98 Å². The van der Waals surface area contributed by atoms with Crippen molar-refractivity contribution >= 4 is 5.97 Å². The Balaban J connectivity index is 2.40. The molecule has 0 aliphatic rings. The lowest BCUT2D eigenvalue weighted by Crippen LogP contribution is -2.10. The van der Waals surface area contributed by atoms with Crippen molar-refractivity contribution < 1.29 is 19.1 Å². The number of methoxy groups -OCH3 is 1. The topological polar surface area (TPSA) is 72.6 Å². The monoisotopic (exact) mass is 289 g/mol. The number of carboxylic acid groups (broad SMARTS) is 1. The number of carboxylic acids is 1. The van der Waals surface area contributed by atoms with E-state index in [0.29, 0.717) is 23.0 Å². The van der Waals surface area contributed by atoms with E-state index < -0.39 is 5.97 Å². The Kier molecular flexibility index (Phi) is 4.02. The third-order valence-corrected chi connectivity index (χ3v) is 3.05. The van der Waals surface area contributed by atoms with Gasteiger partial charge in [0.25, 0.3) is 0 Å². The zero-order valence-corrected chi connectivity index (χ0v) is 12.6. The second-order valence-corrected chi connectivity index (χ2v) is 5.88. The van der Waals surface area contributed by atoms with E-state index >= 15 is 0 Å². The summed E-state index contributed by atoms with van der Waals surface area (Å²) < 4.78 is 11.0. The predicted octanol–water partition coefficient (Wildman–Crippen LogP) is 3.27. The maximum atomic E-state index is 10.9. The first-order valence-corrected chi connectivity index (χ1v) is 6.66. The molecule has 5 heteroatoms. The van der Waals surface area contributed by atoms with Crippen LogP contribution in [-0.4, -0.2) is 23.2 Å². The van der Waals surface area contributed by atoms with Gasteiger partial charge in [0.1, 0.15) is 5.75 Å². The highest BCUT2D eigenvalue weighted by Crippen LogP contribution is 2.30. The summed E-state index contributed by atoms with van der Waals surface area (Å²) in [5.41, 5.74) is 1.22. The van der Waals surface area contributed by atoms with Gasteiger partial charge in [-0.05, 0) is 18.2 Å². The largest absolute Gasteiger partial charge is 0.496 e. The van der Waals surface area contributed by atoms with Gasteiger partial charge in [-0.15, -0.1) is 0 Å². The smallest absolute Gasteiger partial charge is 0.307 e. The van der Waals surface area contributed by atoms with E-state index in [1.807, 2.05) is 26.8 Å². The second kappa shape index (κ2) is 5.60. The minimum Gasteiger partial charge on any atom is -0.496 e. The molecule has 2 rings (SSSR count). The van der Waals surface area contributed by atoms with Crippen molar-refractivity contribution in [3.63, 3.8) is 0 Å². The fraction of sp³-hybridized carbons (Fsp3) is 0.375. The number of ether oxygens (including phenoxy) is 1. The highest BCUT2D eigenvalue weighted by atomic mass is 16.5. The molecule has 2 aromatic rings. The zero-order valence-electron chi connectivity index (χ0n) is 12.6. The molecule has 0 radical (unpaired) electrons. The van der Waals surface area contributed by atoms with E-state index in [-0.39, 0.29) is 11.8 Å². The summed E-state index contributed by atoms with van der Waals surface area (Å²) in [6.07, 6.45) is 1.56. The van der Waals surface area contributed by atoms with Gasteiger partial charge >= 0.3 is 5.97 Å². The molecule has 0 amide bonds. The van der Waals surface area contributed by atoms with Crippen LogP contribution < -0.4 is 4.74 Å². The highest BCUT2D eigenvalue weighted by Gasteiger charge is 2.21. The molecule has 1 aromatic heterocycles. The van der Waals surface area contributed by atoms with Crippen molar-refractivity contribution in [3.8, 4) is 17.1 Å². The van der Waals surface area contributed by atoms with E-state index in [2.05, 4.69) is 4.98 Å². The van der Waals surface area contributed by atoms with Crippen LogP contribution in [0, 0.1) is 0 Å². The first-order valence-electron chi connectivity index (χ1n) is 6.66. The number of hydrogen-bond donors (Lipinski definition) is 1. The van der Waals surface area contributed by atoms with Gasteiger partial charge in [0.15, 0.2) is 11.7 Å². The average Bonchev–Trinajstić information content (AvgIpc) is 2.87. The van der Waals surface area contributed by atoms with Crippen LogP contribution in [-0.2, 0) is 16.6 Å². The summed E-state index contributed by atoms with van der Waals surface area (Å²) >= 11 is 0. The van der Waals surface area contributed by atoms with E-state index in [1.165, 1.54) is 7.11 Å². The van der Waals surface area contributed by atoms with Crippen LogP contribution in [0.15, 0.2) is 28.8 Å². The van der Waals surface area contributed by atoms with Gasteiger partial charge in [0.05, 0.1) is 19.7 Å². The summed E-state index contributed by atoms with van der Waals surface area (Å²) in [4.78, 5) is 15.2. The van der Waals surface area contributed by atoms with Crippen molar-refractivity contribution in [1.29, 1.82) is 0 Å². The molecule has 1 heterocycles. The van der Waals surface area contributed by atoms with Gasteiger partial charge in [0.2, 0.25) is 0 Å². The van der Waals surface area contributed by atoms with Crippen LogP contribution in [0.3, 0.4) is 0 Å². The summed E-state index contributed by atoms with van der Waals surface area (Å²) in [6.45, 7) is 6.06. The molecular weight excluding hydrogens is 270 g/mol. The Morgan fingerprint density at radius 2 is 2.10 bits per heavy atom. The Hall–Kier alpha value is -2.30. The van der Waals surface area contributed by atoms with E-state index in [4.69, 9.17) is 14.3 Å². The molecule has 112 valence electrons. The van der Waals surface area contributed by atoms with Gasteiger partial charge in [-0.25, -0.2) is 4.98 Å². The molecule has 0 saturated heterocycles. The molecule has 0 atom stereocenters. The molecule has 0 aliphatic carbocycles. The number of nitrogens with zero attached hydrogens (tertiary/aromatic N) is 1. The number of aromatic nitrogens is 1. The zero-order chi connectivity index (χ0) is 15.6. The third kappa shape index (κ3) is 3.42. The summed E-state index contributed by atoms with van der Waals surface area (Å²) in [6, 6.07) is 5.34. The highest BCUT2D eigenvalue weighted by molar-refractivity contribution is 5.73. The molecule has 0 unspecified atom stereocenters. The second-order valence-electron chi connectivity index (χ2n) is 5.88. The Morgan fingerprint density at radius 1 is 1.38 bits per heavy atom. The standard InChI is InChI=1S/C16H19NO4/c1-16(2,3)15-17-9-13(21-15)10-5-6-12(20-4)11(7-10)8-14(18)19/h5-7,9H,8H2,1-4H3,(H,18,19). The van der Waals surface area contributed by atoms with Gasteiger partial charge in [-0.2, -0.15) is 0 Å². The van der Waals surface area contributed by atoms with Gasteiger partial charge in [-0.3, -0.25) is 4.79 Å². The van der Waals surface area contributed by atoms with E-state index in [1.54, 1.807) is 18.3 Å². The number of oxazole rings is 1. The number of hydrogen-bond acceptors (Lipinski definition) is 4. The predicted molar refractivity (Wildman–Crippen MR) is 78.5 cm³/mol. The Morgan fingerprint density at radius 3 is 2.62 bits per heavy atom. The quantitative estimate of drug-likeness (QED) is 0.935. The third-order valence-electron chi connectivity index (χ3n) is 3.05. The van der Waals surface area contributed by atoms with Crippen LogP contribution >= 0.6 is 0 Å². The number of benzene rings is 1. The van der Waals surface area contributed by atoms with Gasteiger partial charge in [0, 0.05) is 16.5 Å². The van der Waals surface area contributed by atoms with Crippen LogP contribution in [0.4, 0.5) is 0 Å². The summed E-state index contributed by atoms with van der Waals surface area (Å²) in [7, 11) is 1.52. The minimum atomic E-state index is -0.904. The molecule has 1 N–H and O–H groups in total. The lowest BCUT2D eigenvalue weighted by Gasteiger charge is -2.12. The minimum absolute atomic E-state index is 0.0999. The van der Waals surface area contributed by atoms with Crippen LogP contribution in [0.5, 0.6) is 5.75 Å². The van der Waals surface area contributed by atoms with Crippen molar-refractivity contribution in [2.45, 2.75) is 32.6 Å². The molecule has 21 heavy (non-hydrogen) atoms. The normalized spacial score (nSPS) is 11.4. The average molecular weight is 289 g/mol. The lowest BCUT2D eigenvalue weighted by molar-refractivity contribution is -0.136. The molecule has 0 fully saturated rings. The summed E-state index contributed by atoms with van der Waals surface area (Å²) in [5.74, 6) is 0.914. The first-order chi connectivity index (χ1) is 9.81. The van der Waals surface area contributed by atoms with Crippen LogP contribution in [0.1, 0.15) is 32.2 Å². The Labute approximate surface area is 123 Å². The van der Waals surface area contributed by atoms with Crippen LogP contribution in [0.2, 0.25) is 0 Å². The summed E-state index contributed by atoms with van der Waals surface area (Å²) in [5, 5.41) is 8.97. The molecular formula is C16H19NO4. The molecule has 5 nitrogen and oxygen atoms in total. The van der Waals surface area contributed by atoms with Gasteiger partial charge in [-0.1, -0.05) is 20.8 Å².